The zero-order chi connectivity index (χ0) is 16.2. The SMILES string of the molecule is CCCCCOC1C(OC)O[C@H](COC)C1OCCCCC. The maximum absolute atomic E-state index is 6.06. The molecule has 0 aromatic heterocycles. The van der Waals surface area contributed by atoms with Crippen LogP contribution in [0.15, 0.2) is 0 Å². The van der Waals surface area contributed by atoms with Crippen LogP contribution in [-0.4, -0.2) is 58.6 Å². The summed E-state index contributed by atoms with van der Waals surface area (Å²) >= 11 is 0. The first-order chi connectivity index (χ1) is 10.8. The molecule has 1 saturated heterocycles. The lowest BCUT2D eigenvalue weighted by Crippen LogP contribution is -2.40. The Bertz CT molecular complexity index is 261. The van der Waals surface area contributed by atoms with Gasteiger partial charge >= 0.3 is 0 Å². The van der Waals surface area contributed by atoms with E-state index in [-0.39, 0.29) is 24.6 Å². The van der Waals surface area contributed by atoms with Crippen LogP contribution in [0, 0.1) is 0 Å². The number of hydrogen-bond donors (Lipinski definition) is 0. The Morgan fingerprint density at radius 1 is 0.818 bits per heavy atom. The molecule has 1 fully saturated rings. The third-order valence-corrected chi connectivity index (χ3v) is 3.95. The molecule has 0 radical (unpaired) electrons. The van der Waals surface area contributed by atoms with Gasteiger partial charge < -0.3 is 23.7 Å². The van der Waals surface area contributed by atoms with Gasteiger partial charge in [0, 0.05) is 27.4 Å². The van der Waals surface area contributed by atoms with Crippen molar-refractivity contribution in [2.75, 3.05) is 34.0 Å². The van der Waals surface area contributed by atoms with Crippen LogP contribution >= 0.6 is 0 Å². The largest absolute Gasteiger partial charge is 0.382 e. The Labute approximate surface area is 135 Å². The second kappa shape index (κ2) is 12.3. The van der Waals surface area contributed by atoms with Crippen molar-refractivity contribution < 1.29 is 23.7 Å². The highest BCUT2D eigenvalue weighted by Gasteiger charge is 2.46. The molecule has 1 heterocycles. The van der Waals surface area contributed by atoms with Gasteiger partial charge in [0.1, 0.15) is 18.3 Å². The highest BCUT2D eigenvalue weighted by molar-refractivity contribution is 4.89. The number of rotatable bonds is 13. The molecule has 5 nitrogen and oxygen atoms in total. The maximum Gasteiger partial charge on any atom is 0.186 e. The molecule has 132 valence electrons. The smallest absolute Gasteiger partial charge is 0.186 e. The van der Waals surface area contributed by atoms with Crippen molar-refractivity contribution in [3.05, 3.63) is 0 Å². The first-order valence-corrected chi connectivity index (χ1v) is 8.68. The Morgan fingerprint density at radius 3 is 1.91 bits per heavy atom. The molecule has 0 aromatic rings. The molecule has 1 aliphatic heterocycles. The zero-order valence-corrected chi connectivity index (χ0v) is 14.7. The fourth-order valence-electron chi connectivity index (χ4n) is 2.70. The molecule has 0 N–H and O–H groups in total. The number of unbranched alkanes of at least 4 members (excludes halogenated alkanes) is 4. The van der Waals surface area contributed by atoms with E-state index in [0.29, 0.717) is 6.61 Å². The summed E-state index contributed by atoms with van der Waals surface area (Å²) in [4.78, 5) is 0. The molecule has 5 heteroatoms. The monoisotopic (exact) mass is 318 g/mol. The van der Waals surface area contributed by atoms with Crippen molar-refractivity contribution in [1.29, 1.82) is 0 Å². The molecule has 3 unspecified atom stereocenters. The summed E-state index contributed by atoms with van der Waals surface area (Å²) in [5, 5.41) is 0. The standard InChI is InChI=1S/C17H34O5/c1-5-7-9-11-20-15-14(13-18-3)22-17(19-4)16(15)21-12-10-8-6-2/h14-17H,5-13H2,1-4H3/t14-,15?,16?,17?/m1/s1. The molecule has 0 spiro atoms. The van der Waals surface area contributed by atoms with Crippen molar-refractivity contribution in [2.24, 2.45) is 0 Å². The predicted molar refractivity (Wildman–Crippen MR) is 86.1 cm³/mol. The minimum Gasteiger partial charge on any atom is -0.382 e. The quantitative estimate of drug-likeness (QED) is 0.488. The van der Waals surface area contributed by atoms with Crippen molar-refractivity contribution >= 4 is 0 Å². The maximum atomic E-state index is 6.06. The van der Waals surface area contributed by atoms with Gasteiger partial charge in [0.2, 0.25) is 0 Å². The van der Waals surface area contributed by atoms with Gasteiger partial charge in [-0.25, -0.2) is 0 Å². The summed E-state index contributed by atoms with van der Waals surface area (Å²) in [7, 11) is 3.32. The van der Waals surface area contributed by atoms with E-state index in [1.165, 1.54) is 25.7 Å². The summed E-state index contributed by atoms with van der Waals surface area (Å²) in [5.41, 5.74) is 0. The summed E-state index contributed by atoms with van der Waals surface area (Å²) in [6.45, 7) is 6.31. The molecule has 1 aliphatic rings. The van der Waals surface area contributed by atoms with Crippen LogP contribution in [0.1, 0.15) is 52.4 Å². The summed E-state index contributed by atoms with van der Waals surface area (Å²) in [6, 6.07) is 0. The molecule has 0 aliphatic carbocycles. The summed E-state index contributed by atoms with van der Waals surface area (Å²) in [6.07, 6.45) is 6.03. The van der Waals surface area contributed by atoms with Crippen LogP contribution in [0.4, 0.5) is 0 Å². The lowest BCUT2D eigenvalue weighted by molar-refractivity contribution is -0.167. The Balaban J connectivity index is 2.54. The first kappa shape index (κ1) is 19.8. The highest BCUT2D eigenvalue weighted by Crippen LogP contribution is 2.28. The molecule has 0 aromatic carbocycles. The van der Waals surface area contributed by atoms with Crippen molar-refractivity contribution in [1.82, 2.24) is 0 Å². The Hall–Kier alpha value is -0.200. The lowest BCUT2D eigenvalue weighted by atomic mass is 10.1. The van der Waals surface area contributed by atoms with E-state index in [9.17, 15) is 0 Å². The molecular formula is C17H34O5. The van der Waals surface area contributed by atoms with E-state index in [1.807, 2.05) is 0 Å². The summed E-state index contributed by atoms with van der Waals surface area (Å²) < 4.78 is 28.7. The van der Waals surface area contributed by atoms with Crippen molar-refractivity contribution in [3.63, 3.8) is 0 Å². The third-order valence-electron chi connectivity index (χ3n) is 3.95. The normalized spacial score (nSPS) is 28.4. The lowest BCUT2D eigenvalue weighted by Gasteiger charge is -2.24. The zero-order valence-electron chi connectivity index (χ0n) is 14.7. The fourth-order valence-corrected chi connectivity index (χ4v) is 2.70. The summed E-state index contributed by atoms with van der Waals surface area (Å²) in [5.74, 6) is 0. The highest BCUT2D eigenvalue weighted by atomic mass is 16.7. The number of methoxy groups -OCH3 is 2. The third kappa shape index (κ3) is 6.50. The van der Waals surface area contributed by atoms with Crippen LogP contribution in [0.3, 0.4) is 0 Å². The van der Waals surface area contributed by atoms with E-state index < -0.39 is 0 Å². The Kier molecular flexibility index (Phi) is 11.1. The van der Waals surface area contributed by atoms with E-state index in [4.69, 9.17) is 23.7 Å². The molecule has 0 bridgehead atoms. The van der Waals surface area contributed by atoms with Crippen LogP contribution < -0.4 is 0 Å². The van der Waals surface area contributed by atoms with Crippen LogP contribution in [0.2, 0.25) is 0 Å². The van der Waals surface area contributed by atoms with Crippen molar-refractivity contribution in [2.45, 2.75) is 77.0 Å². The van der Waals surface area contributed by atoms with Gasteiger partial charge in [-0.1, -0.05) is 39.5 Å². The van der Waals surface area contributed by atoms with Gasteiger partial charge in [0.15, 0.2) is 6.29 Å². The fraction of sp³-hybridized carbons (Fsp3) is 1.00. The minimum absolute atomic E-state index is 0.122. The topological polar surface area (TPSA) is 46.2 Å². The molecule has 22 heavy (non-hydrogen) atoms. The van der Waals surface area contributed by atoms with Gasteiger partial charge in [-0.3, -0.25) is 0 Å². The van der Waals surface area contributed by atoms with Gasteiger partial charge in [-0.05, 0) is 12.8 Å². The first-order valence-electron chi connectivity index (χ1n) is 8.68. The van der Waals surface area contributed by atoms with Gasteiger partial charge in [-0.2, -0.15) is 0 Å². The second-order valence-corrected chi connectivity index (χ2v) is 5.82. The van der Waals surface area contributed by atoms with Gasteiger partial charge in [0.25, 0.3) is 0 Å². The van der Waals surface area contributed by atoms with E-state index in [2.05, 4.69) is 13.8 Å². The van der Waals surface area contributed by atoms with Crippen LogP contribution in [0.5, 0.6) is 0 Å². The van der Waals surface area contributed by atoms with Gasteiger partial charge in [0.05, 0.1) is 6.61 Å². The van der Waals surface area contributed by atoms with Crippen molar-refractivity contribution in [3.8, 4) is 0 Å². The molecular weight excluding hydrogens is 284 g/mol. The minimum atomic E-state index is -0.377. The van der Waals surface area contributed by atoms with Gasteiger partial charge in [-0.15, -0.1) is 0 Å². The number of hydrogen-bond acceptors (Lipinski definition) is 5. The Morgan fingerprint density at radius 2 is 1.41 bits per heavy atom. The predicted octanol–water partition coefficient (Wildman–Crippen LogP) is 3.15. The molecule has 1 rings (SSSR count). The van der Waals surface area contributed by atoms with Crippen LogP contribution in [-0.2, 0) is 23.7 Å². The number of ether oxygens (including phenoxy) is 5. The second-order valence-electron chi connectivity index (χ2n) is 5.82. The molecule has 0 amide bonds. The van der Waals surface area contributed by atoms with E-state index in [0.717, 1.165) is 26.1 Å². The average molecular weight is 318 g/mol. The van der Waals surface area contributed by atoms with E-state index >= 15 is 0 Å². The average Bonchev–Trinajstić information content (AvgIpc) is 2.86. The van der Waals surface area contributed by atoms with E-state index in [1.54, 1.807) is 14.2 Å². The molecule has 4 atom stereocenters. The molecule has 0 saturated carbocycles. The van der Waals surface area contributed by atoms with Crippen LogP contribution in [0.25, 0.3) is 0 Å².